The summed E-state index contributed by atoms with van der Waals surface area (Å²) in [6.45, 7) is -0.156. The number of anilines is 1. The lowest BCUT2D eigenvalue weighted by molar-refractivity contribution is -0.114. The lowest BCUT2D eigenvalue weighted by Crippen LogP contribution is -2.21. The molecule has 0 aliphatic rings. The first kappa shape index (κ1) is 8.44. The van der Waals surface area contributed by atoms with Crippen LogP contribution in [0.5, 0.6) is 0 Å². The maximum atomic E-state index is 11.3. The van der Waals surface area contributed by atoms with Gasteiger partial charge in [-0.1, -0.05) is 30.3 Å². The number of amides is 1. The van der Waals surface area contributed by atoms with Crippen molar-refractivity contribution in [2.45, 2.75) is 0 Å². The number of rotatable bonds is 2. The zero-order chi connectivity index (χ0) is 11.5. The van der Waals surface area contributed by atoms with Crippen LogP contribution in [-0.4, -0.2) is 12.5 Å². The van der Waals surface area contributed by atoms with E-state index >= 15 is 0 Å². The summed E-state index contributed by atoms with van der Waals surface area (Å²) >= 11 is 0. The molecule has 0 aliphatic heterocycles. The van der Waals surface area contributed by atoms with Gasteiger partial charge in [0.15, 0.2) is 1.41 Å². The van der Waals surface area contributed by atoms with Crippen molar-refractivity contribution in [2.75, 3.05) is 11.9 Å². The van der Waals surface area contributed by atoms with Gasteiger partial charge in [-0.05, 0) is 22.9 Å². The van der Waals surface area contributed by atoms with Gasteiger partial charge in [0, 0.05) is 5.69 Å². The van der Waals surface area contributed by atoms with E-state index in [4.69, 9.17) is 7.15 Å². The van der Waals surface area contributed by atoms with Crippen molar-refractivity contribution >= 4 is 22.4 Å². The summed E-state index contributed by atoms with van der Waals surface area (Å²) < 4.78 is 7.60. The first-order chi connectivity index (χ1) is 7.72. The van der Waals surface area contributed by atoms with E-state index in [1.54, 1.807) is 12.1 Å². The van der Waals surface area contributed by atoms with Crippen molar-refractivity contribution in [1.82, 2.24) is 0 Å². The van der Waals surface area contributed by atoms with Gasteiger partial charge < -0.3 is 11.0 Å². The number of hydrogen-bond acceptors (Lipinski definition) is 2. The van der Waals surface area contributed by atoms with Gasteiger partial charge in [0.2, 0.25) is 5.91 Å². The topological polar surface area (TPSA) is 55.1 Å². The minimum atomic E-state index is -0.421. The van der Waals surface area contributed by atoms with E-state index in [0.717, 1.165) is 16.1 Å². The highest BCUT2D eigenvalue weighted by Gasteiger charge is 1.99. The van der Waals surface area contributed by atoms with Crippen LogP contribution >= 0.6 is 0 Å². The second-order valence-electron chi connectivity index (χ2n) is 3.24. The lowest BCUT2D eigenvalue weighted by atomic mass is 10.1. The maximum absolute atomic E-state index is 11.3. The molecule has 0 unspecified atom stereocenters. The van der Waals surface area contributed by atoms with Gasteiger partial charge in [0.25, 0.3) is 0 Å². The molecule has 0 atom stereocenters. The van der Waals surface area contributed by atoms with Gasteiger partial charge in [-0.25, -0.2) is 0 Å². The van der Waals surface area contributed by atoms with Crippen LogP contribution in [0.2, 0.25) is 1.41 Å². The van der Waals surface area contributed by atoms with Crippen LogP contribution in [0.25, 0.3) is 10.8 Å². The summed E-state index contributed by atoms with van der Waals surface area (Å²) in [4.78, 5) is 11.3. The Kier molecular flexibility index (Phi) is 2.31. The standard InChI is InChI=1S/C12H12N2O/c13-8-12(15)14-11-6-5-9-3-1-2-4-10(9)7-11/h1-7H,8,13H2,(H,14,15)/i/hT. The molecule has 2 rings (SSSR count). The van der Waals surface area contributed by atoms with Crippen LogP contribution in [-0.2, 0) is 4.79 Å². The summed E-state index contributed by atoms with van der Waals surface area (Å²) in [7, 11) is 0. The summed E-state index contributed by atoms with van der Waals surface area (Å²) in [6.07, 6.45) is 0. The Morgan fingerprint density at radius 2 is 2.00 bits per heavy atom. The molecule has 15 heavy (non-hydrogen) atoms. The van der Waals surface area contributed by atoms with Gasteiger partial charge in [-0.2, -0.15) is 0 Å². The number of nitrogens with one attached hydrogen (secondary N) is 1. The van der Waals surface area contributed by atoms with Crippen molar-refractivity contribution in [2.24, 2.45) is 5.73 Å². The summed E-state index contributed by atoms with van der Waals surface area (Å²) in [6, 6.07) is 13.2. The third-order valence-electron chi connectivity index (χ3n) is 2.16. The van der Waals surface area contributed by atoms with E-state index in [1.165, 1.54) is 0 Å². The quantitative estimate of drug-likeness (QED) is 0.779. The van der Waals surface area contributed by atoms with Crippen molar-refractivity contribution in [1.29, 1.82) is 0 Å². The Morgan fingerprint density at radius 3 is 2.73 bits per heavy atom. The number of carbonyl (C=O) groups is 1. The molecule has 76 valence electrons. The van der Waals surface area contributed by atoms with E-state index in [1.807, 2.05) is 30.3 Å². The smallest absolute Gasteiger partial charge is 0.238 e. The SMILES string of the molecule is [3H]N(C(=O)CN)c1ccc2ccccc2c1. The third-order valence-corrected chi connectivity index (χ3v) is 2.16. The second kappa shape index (κ2) is 4.11. The van der Waals surface area contributed by atoms with Crippen molar-refractivity contribution in [3.05, 3.63) is 42.5 Å². The van der Waals surface area contributed by atoms with Gasteiger partial charge in [-0.15, -0.1) is 0 Å². The van der Waals surface area contributed by atoms with E-state index in [0.29, 0.717) is 5.69 Å². The number of benzene rings is 2. The van der Waals surface area contributed by atoms with Gasteiger partial charge >= 0.3 is 0 Å². The third kappa shape index (κ3) is 2.14. The van der Waals surface area contributed by atoms with Crippen molar-refractivity contribution in [3.8, 4) is 0 Å². The molecule has 0 aromatic heterocycles. The molecule has 0 radical (unpaired) electrons. The Labute approximate surface area is 89.4 Å². The highest BCUT2D eigenvalue weighted by molar-refractivity contribution is 5.95. The summed E-state index contributed by atoms with van der Waals surface area (Å²) in [5, 5.41) is 2.91. The summed E-state index contributed by atoms with van der Waals surface area (Å²) in [5.74, 6) is -0.421. The Morgan fingerprint density at radius 1 is 1.27 bits per heavy atom. The van der Waals surface area contributed by atoms with Crippen molar-refractivity contribution < 1.29 is 6.21 Å². The molecule has 3 heteroatoms. The van der Waals surface area contributed by atoms with E-state index < -0.39 is 5.91 Å². The molecular formula is C12H12N2O. The summed E-state index contributed by atoms with van der Waals surface area (Å²) in [5.41, 5.74) is 5.75. The van der Waals surface area contributed by atoms with Gasteiger partial charge in [0.1, 0.15) is 0 Å². The molecule has 2 aromatic carbocycles. The molecule has 1 amide bonds. The minimum Gasteiger partial charge on any atom is -0.325 e. The Bertz CT molecular complexity index is 527. The molecule has 2 aromatic rings. The molecule has 0 spiro atoms. The van der Waals surface area contributed by atoms with Crippen LogP contribution in [0.4, 0.5) is 5.69 Å². The monoisotopic (exact) mass is 202 g/mol. The molecule has 0 saturated heterocycles. The normalized spacial score (nSPS) is 11.1. The van der Waals surface area contributed by atoms with Crippen molar-refractivity contribution in [3.63, 3.8) is 0 Å². The first-order valence-corrected chi connectivity index (χ1v) is 4.73. The van der Waals surface area contributed by atoms with Crippen LogP contribution in [0, 0.1) is 0 Å². The fourth-order valence-electron chi connectivity index (χ4n) is 1.44. The Hall–Kier alpha value is -1.87. The van der Waals surface area contributed by atoms with Crippen LogP contribution in [0.1, 0.15) is 0 Å². The van der Waals surface area contributed by atoms with Crippen LogP contribution < -0.4 is 11.0 Å². The van der Waals surface area contributed by atoms with E-state index in [2.05, 4.69) is 0 Å². The molecular weight excluding hydrogens is 188 g/mol. The average molecular weight is 202 g/mol. The largest absolute Gasteiger partial charge is 0.325 e. The molecule has 0 saturated carbocycles. The zero-order valence-corrected chi connectivity index (χ0v) is 8.18. The van der Waals surface area contributed by atoms with E-state index in [9.17, 15) is 4.79 Å². The highest BCUT2D eigenvalue weighted by Crippen LogP contribution is 2.18. The predicted octanol–water partition coefficient (Wildman–Crippen LogP) is 1.74. The predicted molar refractivity (Wildman–Crippen MR) is 61.6 cm³/mol. The number of carbonyl (C=O) groups excluding carboxylic acids is 1. The second-order valence-corrected chi connectivity index (χ2v) is 3.24. The lowest BCUT2D eigenvalue weighted by Gasteiger charge is -2.04. The molecule has 3 N–H and O–H groups in total. The molecule has 0 aliphatic carbocycles. The first-order valence-electron chi connectivity index (χ1n) is 5.18. The fourth-order valence-corrected chi connectivity index (χ4v) is 1.44. The fraction of sp³-hybridized carbons (Fsp3) is 0.0833. The van der Waals surface area contributed by atoms with Crippen LogP contribution in [0.15, 0.2) is 42.5 Å². The maximum Gasteiger partial charge on any atom is 0.238 e. The van der Waals surface area contributed by atoms with Crippen LogP contribution in [0.3, 0.4) is 0 Å². The van der Waals surface area contributed by atoms with E-state index in [-0.39, 0.29) is 6.54 Å². The molecule has 3 nitrogen and oxygen atoms in total. The number of fused-ring (bicyclic) bond motifs is 1. The minimum absolute atomic E-state index is 0.156. The number of hydrogen-bond donors (Lipinski definition) is 2. The molecule has 0 heterocycles. The number of nitrogens with two attached hydrogens (primary N) is 1. The van der Waals surface area contributed by atoms with Gasteiger partial charge in [0.05, 0.1) is 6.54 Å². The Balaban J connectivity index is 2.43. The van der Waals surface area contributed by atoms with Gasteiger partial charge in [-0.3, -0.25) is 4.79 Å². The molecule has 0 bridgehead atoms. The zero-order valence-electron chi connectivity index (χ0n) is 9.18. The average Bonchev–Trinajstić information content (AvgIpc) is 2.36. The highest BCUT2D eigenvalue weighted by atomic mass is 16.1. The molecule has 0 fully saturated rings.